The van der Waals surface area contributed by atoms with Gasteiger partial charge in [0.1, 0.15) is 0 Å². The molecule has 0 aliphatic rings. The quantitative estimate of drug-likeness (QED) is 0.703. The van der Waals surface area contributed by atoms with E-state index in [1.807, 2.05) is 0 Å². The fourth-order valence-electron chi connectivity index (χ4n) is 1.21. The van der Waals surface area contributed by atoms with Crippen LogP contribution >= 0.6 is 0 Å². The first-order valence-electron chi connectivity index (χ1n) is 3.56. The van der Waals surface area contributed by atoms with Crippen molar-refractivity contribution in [3.05, 3.63) is 0 Å². The van der Waals surface area contributed by atoms with E-state index < -0.39 is 21.1 Å². The van der Waals surface area contributed by atoms with E-state index in [9.17, 15) is 9.00 Å². The second kappa shape index (κ2) is 3.43. The van der Waals surface area contributed by atoms with Crippen LogP contribution in [0.3, 0.4) is 0 Å². The summed E-state index contributed by atoms with van der Waals surface area (Å²) in [5, 5.41) is 8.49. The Labute approximate surface area is 73.0 Å². The van der Waals surface area contributed by atoms with E-state index in [0.29, 0.717) is 0 Å². The van der Waals surface area contributed by atoms with Crippen LogP contribution in [-0.4, -0.2) is 27.3 Å². The van der Waals surface area contributed by atoms with Gasteiger partial charge < -0.3 is 5.11 Å². The summed E-state index contributed by atoms with van der Waals surface area (Å²) in [4.78, 5) is 10.3. The van der Waals surface area contributed by atoms with E-state index in [2.05, 4.69) is 0 Å². The van der Waals surface area contributed by atoms with E-state index in [4.69, 9.17) is 9.89 Å². The molecule has 5 heteroatoms. The number of hydrogen-bond acceptors (Lipinski definition) is 3. The van der Waals surface area contributed by atoms with Crippen LogP contribution in [0.2, 0.25) is 0 Å². The monoisotopic (exact) mass is 193 g/mol. The van der Waals surface area contributed by atoms with Gasteiger partial charge in [0.2, 0.25) is 0 Å². The number of nitrogens with one attached hydrogen (secondary N) is 1. The van der Waals surface area contributed by atoms with Gasteiger partial charge in [0.25, 0.3) is 0 Å². The number of hydrogen-bond donors (Lipinski definition) is 2. The Morgan fingerprint density at radius 3 is 2.25 bits per heavy atom. The second-order valence-corrected chi connectivity index (χ2v) is 6.18. The topological polar surface area (TPSA) is 78.2 Å². The maximum atomic E-state index is 11.1. The molecule has 0 fully saturated rings. The third kappa shape index (κ3) is 6.15. The summed E-state index contributed by atoms with van der Waals surface area (Å²) in [6.07, 6.45) is 1.29. The molecule has 4 nitrogen and oxygen atoms in total. The highest BCUT2D eigenvalue weighted by Crippen LogP contribution is 2.22. The SMILES string of the molecule is CC(C)(CC(=O)O)CS(C)(=N)=O. The van der Waals surface area contributed by atoms with Crippen molar-refractivity contribution in [2.45, 2.75) is 20.3 Å². The largest absolute Gasteiger partial charge is 0.481 e. The van der Waals surface area contributed by atoms with Gasteiger partial charge in [-0.25, -0.2) is 0 Å². The van der Waals surface area contributed by atoms with Gasteiger partial charge in [-0.05, 0) is 5.41 Å². The Hall–Kier alpha value is -0.580. The maximum absolute atomic E-state index is 11.1. The van der Waals surface area contributed by atoms with Gasteiger partial charge in [-0.1, -0.05) is 13.8 Å². The number of carboxylic acid groups (broad SMARTS) is 1. The Kier molecular flexibility index (Phi) is 3.26. The standard InChI is InChI=1S/C7H15NO3S/c1-7(2,4-6(9)10)5-12(3,8)11/h8H,4-5H2,1-3H3,(H,9,10). The normalized spacial score (nSPS) is 16.9. The Bertz CT molecular complexity index is 266. The Morgan fingerprint density at radius 2 is 2.00 bits per heavy atom. The third-order valence-corrected chi connectivity index (χ3v) is 2.63. The maximum Gasteiger partial charge on any atom is 0.303 e. The molecule has 0 heterocycles. The average molecular weight is 193 g/mol. The summed E-state index contributed by atoms with van der Waals surface area (Å²) >= 11 is 0. The molecule has 0 aliphatic heterocycles. The lowest BCUT2D eigenvalue weighted by atomic mass is 9.92. The smallest absolute Gasteiger partial charge is 0.303 e. The molecule has 0 aromatic heterocycles. The van der Waals surface area contributed by atoms with Crippen molar-refractivity contribution in [2.75, 3.05) is 12.0 Å². The van der Waals surface area contributed by atoms with Gasteiger partial charge in [-0.2, -0.15) is 0 Å². The molecule has 12 heavy (non-hydrogen) atoms. The average Bonchev–Trinajstić information content (AvgIpc) is 1.48. The van der Waals surface area contributed by atoms with Crippen LogP contribution < -0.4 is 0 Å². The van der Waals surface area contributed by atoms with Crippen LogP contribution in [0, 0.1) is 10.2 Å². The van der Waals surface area contributed by atoms with Gasteiger partial charge >= 0.3 is 5.97 Å². The molecule has 1 atom stereocenters. The molecule has 0 aromatic carbocycles. The fraction of sp³-hybridized carbons (Fsp3) is 0.857. The van der Waals surface area contributed by atoms with Crippen LogP contribution in [0.25, 0.3) is 0 Å². The highest BCUT2D eigenvalue weighted by atomic mass is 32.2. The zero-order valence-corrected chi connectivity index (χ0v) is 8.40. The minimum atomic E-state index is -2.59. The van der Waals surface area contributed by atoms with E-state index in [1.54, 1.807) is 13.8 Å². The van der Waals surface area contributed by atoms with E-state index in [-0.39, 0.29) is 12.2 Å². The Morgan fingerprint density at radius 1 is 1.58 bits per heavy atom. The molecule has 0 saturated carbocycles. The summed E-state index contributed by atoms with van der Waals surface area (Å²) in [5.74, 6) is -0.782. The summed E-state index contributed by atoms with van der Waals surface area (Å²) in [6, 6.07) is 0. The summed E-state index contributed by atoms with van der Waals surface area (Å²) in [6.45, 7) is 3.41. The van der Waals surface area contributed by atoms with Gasteiger partial charge in [-0.3, -0.25) is 13.8 Å². The van der Waals surface area contributed by atoms with Gasteiger partial charge in [0.15, 0.2) is 0 Å². The number of rotatable bonds is 4. The van der Waals surface area contributed by atoms with E-state index in [1.165, 1.54) is 6.26 Å². The lowest BCUT2D eigenvalue weighted by Gasteiger charge is -2.21. The molecular weight excluding hydrogens is 178 g/mol. The van der Waals surface area contributed by atoms with Crippen LogP contribution in [0.5, 0.6) is 0 Å². The van der Waals surface area contributed by atoms with Crippen molar-refractivity contribution in [1.29, 1.82) is 4.78 Å². The highest BCUT2D eigenvalue weighted by molar-refractivity contribution is 7.91. The minimum absolute atomic E-state index is 0.0449. The third-order valence-electron chi connectivity index (χ3n) is 1.30. The molecule has 0 saturated heterocycles. The van der Waals surface area contributed by atoms with E-state index >= 15 is 0 Å². The van der Waals surface area contributed by atoms with Crippen LogP contribution in [0.4, 0.5) is 0 Å². The zero-order valence-electron chi connectivity index (χ0n) is 7.59. The van der Waals surface area contributed by atoms with Crippen molar-refractivity contribution in [1.82, 2.24) is 0 Å². The second-order valence-electron chi connectivity index (χ2n) is 3.88. The molecule has 0 amide bonds. The lowest BCUT2D eigenvalue weighted by molar-refractivity contribution is -0.138. The lowest BCUT2D eigenvalue weighted by Crippen LogP contribution is -2.25. The molecule has 1 unspecified atom stereocenters. The first kappa shape index (κ1) is 11.4. The first-order valence-corrected chi connectivity index (χ1v) is 5.69. The van der Waals surface area contributed by atoms with Crippen molar-refractivity contribution >= 4 is 15.7 Å². The fourth-order valence-corrected chi connectivity index (χ4v) is 2.80. The molecule has 0 aromatic rings. The predicted octanol–water partition coefficient (Wildman–Crippen LogP) is 1.16. The van der Waals surface area contributed by atoms with E-state index in [0.717, 1.165) is 0 Å². The molecule has 0 aliphatic carbocycles. The number of carbonyl (C=O) groups is 1. The van der Waals surface area contributed by atoms with Crippen LogP contribution in [0.1, 0.15) is 20.3 Å². The predicted molar refractivity (Wildman–Crippen MR) is 47.7 cm³/mol. The molecule has 72 valence electrons. The molecule has 0 bridgehead atoms. The summed E-state index contributed by atoms with van der Waals surface area (Å²) in [7, 11) is -2.59. The van der Waals surface area contributed by atoms with Crippen molar-refractivity contribution in [2.24, 2.45) is 5.41 Å². The first-order chi connectivity index (χ1) is 5.12. The van der Waals surface area contributed by atoms with Crippen molar-refractivity contribution in [3.63, 3.8) is 0 Å². The number of carboxylic acids is 1. The van der Waals surface area contributed by atoms with Crippen LogP contribution in [-0.2, 0) is 14.5 Å². The molecule has 0 spiro atoms. The highest BCUT2D eigenvalue weighted by Gasteiger charge is 2.24. The molecule has 0 rings (SSSR count). The molecule has 0 radical (unpaired) electrons. The minimum Gasteiger partial charge on any atom is -0.481 e. The van der Waals surface area contributed by atoms with Gasteiger partial charge in [0.05, 0.1) is 6.42 Å². The summed E-state index contributed by atoms with van der Waals surface area (Å²) < 4.78 is 18.2. The number of aliphatic carboxylic acids is 1. The van der Waals surface area contributed by atoms with Crippen molar-refractivity contribution in [3.8, 4) is 0 Å². The molecule has 2 N–H and O–H groups in total. The molecular formula is C7H15NO3S. The van der Waals surface area contributed by atoms with Gasteiger partial charge in [-0.15, -0.1) is 0 Å². The summed E-state index contributed by atoms with van der Waals surface area (Å²) in [5.41, 5.74) is -0.556. The van der Waals surface area contributed by atoms with Crippen molar-refractivity contribution < 1.29 is 14.1 Å². The van der Waals surface area contributed by atoms with Gasteiger partial charge in [0, 0.05) is 21.7 Å². The Balaban J connectivity index is 4.33. The van der Waals surface area contributed by atoms with Crippen LogP contribution in [0.15, 0.2) is 0 Å². The zero-order chi connectivity index (χ0) is 9.99.